The van der Waals surface area contributed by atoms with Gasteiger partial charge in [-0.15, -0.1) is 0 Å². The Morgan fingerprint density at radius 1 is 1.14 bits per heavy atom. The molecule has 0 unspecified atom stereocenters. The van der Waals surface area contributed by atoms with Gasteiger partial charge in [-0.2, -0.15) is 0 Å². The van der Waals surface area contributed by atoms with Gasteiger partial charge >= 0.3 is 5.97 Å². The number of aromatic carboxylic acids is 1. The summed E-state index contributed by atoms with van der Waals surface area (Å²) in [6, 6.07) is 11.7. The minimum atomic E-state index is -0.962. The predicted octanol–water partition coefficient (Wildman–Crippen LogP) is 6.66. The molecule has 0 radical (unpaired) electrons. The van der Waals surface area contributed by atoms with Crippen molar-refractivity contribution in [2.75, 3.05) is 26.2 Å². The van der Waals surface area contributed by atoms with E-state index in [1.54, 1.807) is 6.07 Å². The standard InChI is InChI=1S/C30H43N3O2/c1-7-17-32(18-14-23(3)8-2)21-25(5)22-33(19-15-27-11-9-24(4)10-12-27)26(6)29-20-28(30(34)35)13-16-31-29/h9-13,16,20,22-23H,6-8,14-15,17-19,21H2,1-5H3,(H,34,35)/b25-22+/t23-/m1/s1. The molecule has 0 saturated heterocycles. The maximum Gasteiger partial charge on any atom is 0.335 e. The number of carboxylic acids is 1. The highest BCUT2D eigenvalue weighted by atomic mass is 16.4. The van der Waals surface area contributed by atoms with Crippen molar-refractivity contribution in [3.63, 3.8) is 0 Å². The first-order chi connectivity index (χ1) is 16.7. The average Bonchev–Trinajstić information content (AvgIpc) is 2.85. The minimum absolute atomic E-state index is 0.217. The molecule has 5 nitrogen and oxygen atoms in total. The molecule has 2 aromatic rings. The van der Waals surface area contributed by atoms with E-state index in [0.29, 0.717) is 11.4 Å². The largest absolute Gasteiger partial charge is 0.478 e. The summed E-state index contributed by atoms with van der Waals surface area (Å²) in [4.78, 5) is 20.6. The second-order valence-electron chi connectivity index (χ2n) is 9.66. The van der Waals surface area contributed by atoms with E-state index in [-0.39, 0.29) is 5.56 Å². The van der Waals surface area contributed by atoms with Gasteiger partial charge in [0.2, 0.25) is 0 Å². The number of aromatic nitrogens is 1. The third-order valence-electron chi connectivity index (χ3n) is 6.44. The normalized spacial score (nSPS) is 12.6. The number of benzene rings is 1. The van der Waals surface area contributed by atoms with Crippen molar-refractivity contribution in [3.8, 4) is 0 Å². The van der Waals surface area contributed by atoms with Gasteiger partial charge in [0.25, 0.3) is 0 Å². The summed E-state index contributed by atoms with van der Waals surface area (Å²) in [5.41, 5.74) is 5.26. The molecule has 2 rings (SSSR count). The first-order valence-electron chi connectivity index (χ1n) is 12.8. The Morgan fingerprint density at radius 2 is 1.86 bits per heavy atom. The molecular weight excluding hydrogens is 434 g/mol. The Kier molecular flexibility index (Phi) is 11.7. The maximum atomic E-state index is 11.5. The average molecular weight is 478 g/mol. The first-order valence-corrected chi connectivity index (χ1v) is 12.8. The Balaban J connectivity index is 2.24. The van der Waals surface area contributed by atoms with Crippen LogP contribution >= 0.6 is 0 Å². The summed E-state index contributed by atoms with van der Waals surface area (Å²) in [5, 5.41) is 9.42. The highest BCUT2D eigenvalue weighted by molar-refractivity contribution is 5.88. The van der Waals surface area contributed by atoms with E-state index in [2.05, 4.69) is 86.4 Å². The maximum absolute atomic E-state index is 11.5. The Hall–Kier alpha value is -2.92. The van der Waals surface area contributed by atoms with Gasteiger partial charge in [-0.3, -0.25) is 9.88 Å². The van der Waals surface area contributed by atoms with Crippen molar-refractivity contribution < 1.29 is 9.90 Å². The lowest BCUT2D eigenvalue weighted by molar-refractivity contribution is 0.0696. The monoisotopic (exact) mass is 477 g/mol. The van der Waals surface area contributed by atoms with Crippen LogP contribution in [0.5, 0.6) is 0 Å². The molecular formula is C30H43N3O2. The number of carboxylic acid groups (broad SMARTS) is 1. The van der Waals surface area contributed by atoms with E-state index in [0.717, 1.165) is 44.9 Å². The third kappa shape index (κ3) is 9.69. The molecule has 0 aliphatic carbocycles. The summed E-state index contributed by atoms with van der Waals surface area (Å²) < 4.78 is 0. The second-order valence-corrected chi connectivity index (χ2v) is 9.66. The molecule has 0 aliphatic rings. The quantitative estimate of drug-likeness (QED) is 0.311. The van der Waals surface area contributed by atoms with Gasteiger partial charge < -0.3 is 10.0 Å². The zero-order chi connectivity index (χ0) is 25.8. The molecule has 1 aromatic carbocycles. The van der Waals surface area contributed by atoms with Gasteiger partial charge in [-0.1, -0.05) is 63.6 Å². The van der Waals surface area contributed by atoms with Crippen LogP contribution in [-0.4, -0.2) is 52.0 Å². The van der Waals surface area contributed by atoms with Crippen LogP contribution in [0, 0.1) is 12.8 Å². The number of hydrogen-bond acceptors (Lipinski definition) is 4. The van der Waals surface area contributed by atoms with Gasteiger partial charge in [0.1, 0.15) is 0 Å². The van der Waals surface area contributed by atoms with Crippen molar-refractivity contribution >= 4 is 11.7 Å². The molecule has 1 N–H and O–H groups in total. The second kappa shape index (κ2) is 14.5. The first kappa shape index (κ1) is 28.3. The van der Waals surface area contributed by atoms with Crippen LogP contribution in [0.1, 0.15) is 74.1 Å². The zero-order valence-electron chi connectivity index (χ0n) is 22.3. The lowest BCUT2D eigenvalue weighted by atomic mass is 10.0. The molecule has 5 heteroatoms. The fourth-order valence-electron chi connectivity index (χ4n) is 4.00. The van der Waals surface area contributed by atoms with E-state index in [1.807, 2.05) is 0 Å². The molecule has 0 bridgehead atoms. The number of hydrogen-bond donors (Lipinski definition) is 1. The lowest BCUT2D eigenvalue weighted by Gasteiger charge is -2.27. The van der Waals surface area contributed by atoms with Crippen molar-refractivity contribution in [2.24, 2.45) is 5.92 Å². The number of rotatable bonds is 15. The van der Waals surface area contributed by atoms with Crippen LogP contribution in [0.3, 0.4) is 0 Å². The molecule has 1 aromatic heterocycles. The van der Waals surface area contributed by atoms with Gasteiger partial charge in [-0.25, -0.2) is 4.79 Å². The van der Waals surface area contributed by atoms with Crippen LogP contribution in [-0.2, 0) is 6.42 Å². The van der Waals surface area contributed by atoms with Crippen molar-refractivity contribution in [1.82, 2.24) is 14.8 Å². The van der Waals surface area contributed by atoms with Gasteiger partial charge in [0, 0.05) is 25.5 Å². The Bertz CT molecular complexity index is 981. The predicted molar refractivity (Wildman–Crippen MR) is 146 cm³/mol. The molecule has 1 heterocycles. The Labute approximate surface area is 212 Å². The fourth-order valence-corrected chi connectivity index (χ4v) is 4.00. The number of pyridine rings is 1. The molecule has 0 amide bonds. The highest BCUT2D eigenvalue weighted by Crippen LogP contribution is 2.20. The van der Waals surface area contributed by atoms with Crippen molar-refractivity contribution in [1.29, 1.82) is 0 Å². The Morgan fingerprint density at radius 3 is 2.49 bits per heavy atom. The molecule has 35 heavy (non-hydrogen) atoms. The van der Waals surface area contributed by atoms with Crippen LogP contribution in [0.2, 0.25) is 0 Å². The van der Waals surface area contributed by atoms with E-state index in [1.165, 1.54) is 41.8 Å². The van der Waals surface area contributed by atoms with Crippen molar-refractivity contribution in [3.05, 3.63) is 83.3 Å². The summed E-state index contributed by atoms with van der Waals surface area (Å²) in [6.07, 6.45) is 8.11. The minimum Gasteiger partial charge on any atom is -0.478 e. The van der Waals surface area contributed by atoms with Crippen LogP contribution < -0.4 is 0 Å². The molecule has 190 valence electrons. The molecule has 0 spiro atoms. The van der Waals surface area contributed by atoms with Gasteiger partial charge in [0.15, 0.2) is 0 Å². The zero-order valence-corrected chi connectivity index (χ0v) is 22.3. The smallest absolute Gasteiger partial charge is 0.335 e. The van der Waals surface area contributed by atoms with E-state index in [4.69, 9.17) is 0 Å². The summed E-state index contributed by atoms with van der Waals surface area (Å²) in [5.74, 6) is -0.229. The fraction of sp³-hybridized carbons (Fsp3) is 0.467. The molecule has 0 fully saturated rings. The lowest BCUT2D eigenvalue weighted by Crippen LogP contribution is -2.29. The highest BCUT2D eigenvalue weighted by Gasteiger charge is 2.14. The van der Waals surface area contributed by atoms with Crippen LogP contribution in [0.25, 0.3) is 5.70 Å². The van der Waals surface area contributed by atoms with Crippen molar-refractivity contribution in [2.45, 2.75) is 60.3 Å². The van der Waals surface area contributed by atoms with E-state index in [9.17, 15) is 9.90 Å². The van der Waals surface area contributed by atoms with Gasteiger partial charge in [-0.05, 0) is 75.4 Å². The SMILES string of the molecule is C=C(c1cc(C(=O)O)ccn1)N(/C=C(\C)CN(CCC)CC[C@H](C)CC)CCc1ccc(C)cc1. The van der Waals surface area contributed by atoms with Crippen LogP contribution in [0.15, 0.2) is 60.9 Å². The summed E-state index contributed by atoms with van der Waals surface area (Å²) >= 11 is 0. The number of aryl methyl sites for hydroxylation is 1. The molecule has 0 aliphatic heterocycles. The number of carbonyl (C=O) groups is 1. The topological polar surface area (TPSA) is 56.7 Å². The third-order valence-corrected chi connectivity index (χ3v) is 6.44. The van der Waals surface area contributed by atoms with E-state index < -0.39 is 5.97 Å². The number of nitrogens with zero attached hydrogens (tertiary/aromatic N) is 3. The molecule has 1 atom stereocenters. The summed E-state index contributed by atoms with van der Waals surface area (Å²) in [6.45, 7) is 19.2. The summed E-state index contributed by atoms with van der Waals surface area (Å²) in [7, 11) is 0. The van der Waals surface area contributed by atoms with Crippen LogP contribution in [0.4, 0.5) is 0 Å². The van der Waals surface area contributed by atoms with E-state index >= 15 is 0 Å². The molecule has 0 saturated carbocycles. The van der Waals surface area contributed by atoms with Gasteiger partial charge in [0.05, 0.1) is 17.0 Å².